The Morgan fingerprint density at radius 2 is 2.06 bits per heavy atom. The molecule has 2 rings (SSSR count). The van der Waals surface area contributed by atoms with E-state index in [4.69, 9.17) is 17.3 Å². The fourth-order valence-corrected chi connectivity index (χ4v) is 2.74. The van der Waals surface area contributed by atoms with Gasteiger partial charge in [0, 0.05) is 16.0 Å². The molecule has 3 nitrogen and oxygen atoms in total. The van der Waals surface area contributed by atoms with E-state index in [1.807, 2.05) is 31.2 Å². The van der Waals surface area contributed by atoms with Gasteiger partial charge in [0.2, 0.25) is 0 Å². The van der Waals surface area contributed by atoms with Crippen LogP contribution in [0.25, 0.3) is 0 Å². The van der Waals surface area contributed by atoms with Crippen molar-refractivity contribution in [2.75, 3.05) is 0 Å². The Hall–Kier alpha value is -1.52. The molecule has 0 atom stereocenters. The highest BCUT2D eigenvalue weighted by Gasteiger charge is 2.12. The standard InChI is InChI=1S/C13H11ClN2OS/c1-8-4-2-3-5-10(8)18-11-6-9(14)7-16-12(11)13(15)17/h2-7H,1H3,(H2,15,17). The van der Waals surface area contributed by atoms with E-state index in [2.05, 4.69) is 4.98 Å². The number of pyridine rings is 1. The zero-order valence-corrected chi connectivity index (χ0v) is 11.3. The summed E-state index contributed by atoms with van der Waals surface area (Å²) in [6, 6.07) is 9.59. The zero-order valence-electron chi connectivity index (χ0n) is 9.68. The van der Waals surface area contributed by atoms with E-state index in [1.54, 1.807) is 6.07 Å². The van der Waals surface area contributed by atoms with Crippen molar-refractivity contribution in [2.45, 2.75) is 16.7 Å². The summed E-state index contributed by atoms with van der Waals surface area (Å²) in [6.07, 6.45) is 1.42. The van der Waals surface area contributed by atoms with Crippen molar-refractivity contribution in [3.05, 3.63) is 52.8 Å². The van der Waals surface area contributed by atoms with Crippen LogP contribution in [0.1, 0.15) is 16.1 Å². The van der Waals surface area contributed by atoms with E-state index in [1.165, 1.54) is 18.0 Å². The number of carbonyl (C=O) groups excluding carboxylic acids is 1. The monoisotopic (exact) mass is 278 g/mol. The predicted molar refractivity (Wildman–Crippen MR) is 73.1 cm³/mol. The Bertz CT molecular complexity index is 601. The van der Waals surface area contributed by atoms with Crippen LogP contribution < -0.4 is 5.73 Å². The third-order valence-corrected chi connectivity index (χ3v) is 3.78. The molecule has 1 aromatic heterocycles. The number of hydrogen-bond donors (Lipinski definition) is 1. The minimum atomic E-state index is -0.553. The molecular formula is C13H11ClN2OS. The van der Waals surface area contributed by atoms with Gasteiger partial charge in [0.25, 0.3) is 5.91 Å². The molecule has 0 aliphatic rings. The van der Waals surface area contributed by atoms with E-state index in [9.17, 15) is 4.79 Å². The van der Waals surface area contributed by atoms with Crippen LogP contribution >= 0.6 is 23.4 Å². The summed E-state index contributed by atoms with van der Waals surface area (Å²) in [5, 5.41) is 0.482. The molecule has 0 unspecified atom stereocenters. The summed E-state index contributed by atoms with van der Waals surface area (Å²) in [5.41, 5.74) is 6.66. The number of amides is 1. The third-order valence-electron chi connectivity index (χ3n) is 2.37. The number of aromatic nitrogens is 1. The number of halogens is 1. The highest BCUT2D eigenvalue weighted by atomic mass is 35.5. The van der Waals surface area contributed by atoms with Crippen LogP contribution in [0.15, 0.2) is 46.3 Å². The van der Waals surface area contributed by atoms with Gasteiger partial charge in [-0.3, -0.25) is 4.79 Å². The number of nitrogens with zero attached hydrogens (tertiary/aromatic N) is 1. The molecule has 0 spiro atoms. The first-order valence-electron chi connectivity index (χ1n) is 5.27. The second-order valence-corrected chi connectivity index (χ2v) is 5.25. The first-order chi connectivity index (χ1) is 8.58. The Morgan fingerprint density at radius 3 is 2.72 bits per heavy atom. The molecule has 92 valence electrons. The van der Waals surface area contributed by atoms with Gasteiger partial charge in [0.1, 0.15) is 5.69 Å². The molecule has 2 N–H and O–H groups in total. The predicted octanol–water partition coefficient (Wildman–Crippen LogP) is 3.29. The molecule has 5 heteroatoms. The van der Waals surface area contributed by atoms with E-state index < -0.39 is 5.91 Å². The van der Waals surface area contributed by atoms with Crippen LogP contribution in [0.4, 0.5) is 0 Å². The van der Waals surface area contributed by atoms with Gasteiger partial charge in [0.15, 0.2) is 0 Å². The quantitative estimate of drug-likeness (QED) is 0.937. The smallest absolute Gasteiger partial charge is 0.268 e. The minimum absolute atomic E-state index is 0.243. The average Bonchev–Trinajstić information content (AvgIpc) is 2.32. The molecule has 0 radical (unpaired) electrons. The van der Waals surface area contributed by atoms with Gasteiger partial charge in [-0.1, -0.05) is 41.6 Å². The van der Waals surface area contributed by atoms with Gasteiger partial charge < -0.3 is 5.73 Å². The lowest BCUT2D eigenvalue weighted by Gasteiger charge is -2.08. The number of rotatable bonds is 3. The Balaban J connectivity index is 2.42. The van der Waals surface area contributed by atoms with Gasteiger partial charge in [0.05, 0.1) is 5.02 Å². The topological polar surface area (TPSA) is 56.0 Å². The normalized spacial score (nSPS) is 10.3. The molecular weight excluding hydrogens is 268 g/mol. The van der Waals surface area contributed by atoms with Crippen LogP contribution in [-0.2, 0) is 0 Å². The van der Waals surface area contributed by atoms with Gasteiger partial charge >= 0.3 is 0 Å². The fraction of sp³-hybridized carbons (Fsp3) is 0.0769. The number of carbonyl (C=O) groups is 1. The van der Waals surface area contributed by atoms with Gasteiger partial charge in [-0.2, -0.15) is 0 Å². The maximum absolute atomic E-state index is 11.3. The number of benzene rings is 1. The molecule has 1 heterocycles. The Labute approximate surface area is 114 Å². The van der Waals surface area contributed by atoms with Crippen molar-refractivity contribution < 1.29 is 4.79 Å². The minimum Gasteiger partial charge on any atom is -0.364 e. The number of primary amides is 1. The molecule has 1 amide bonds. The second-order valence-electron chi connectivity index (χ2n) is 3.73. The molecule has 0 saturated heterocycles. The van der Waals surface area contributed by atoms with Gasteiger partial charge in [-0.15, -0.1) is 0 Å². The van der Waals surface area contributed by atoms with Crippen LogP contribution in [0.2, 0.25) is 5.02 Å². The average molecular weight is 279 g/mol. The van der Waals surface area contributed by atoms with Crippen LogP contribution in [0.3, 0.4) is 0 Å². The second kappa shape index (κ2) is 5.42. The molecule has 2 aromatic rings. The third kappa shape index (κ3) is 2.83. The van der Waals surface area contributed by atoms with E-state index in [0.29, 0.717) is 9.92 Å². The molecule has 0 saturated carbocycles. The summed E-state index contributed by atoms with van der Waals surface area (Å²) >= 11 is 7.34. The highest BCUT2D eigenvalue weighted by Crippen LogP contribution is 2.33. The van der Waals surface area contributed by atoms with E-state index >= 15 is 0 Å². The molecule has 1 aromatic carbocycles. The maximum Gasteiger partial charge on any atom is 0.268 e. The summed E-state index contributed by atoms with van der Waals surface area (Å²) in [7, 11) is 0. The van der Waals surface area contributed by atoms with Crippen LogP contribution in [-0.4, -0.2) is 10.9 Å². The first kappa shape index (κ1) is 12.9. The van der Waals surface area contributed by atoms with Crippen molar-refractivity contribution in [3.8, 4) is 0 Å². The van der Waals surface area contributed by atoms with Crippen LogP contribution in [0, 0.1) is 6.92 Å². The first-order valence-corrected chi connectivity index (χ1v) is 6.46. The van der Waals surface area contributed by atoms with Crippen molar-refractivity contribution in [1.82, 2.24) is 4.98 Å². The van der Waals surface area contributed by atoms with Crippen LogP contribution in [0.5, 0.6) is 0 Å². The van der Waals surface area contributed by atoms with Crippen molar-refractivity contribution in [1.29, 1.82) is 0 Å². The molecule has 0 aliphatic carbocycles. The molecule has 18 heavy (non-hydrogen) atoms. The lowest BCUT2D eigenvalue weighted by atomic mass is 10.2. The maximum atomic E-state index is 11.3. The zero-order chi connectivity index (χ0) is 13.1. The largest absolute Gasteiger partial charge is 0.364 e. The lowest BCUT2D eigenvalue weighted by Crippen LogP contribution is -2.14. The SMILES string of the molecule is Cc1ccccc1Sc1cc(Cl)cnc1C(N)=O. The van der Waals surface area contributed by atoms with Crippen molar-refractivity contribution in [3.63, 3.8) is 0 Å². The van der Waals surface area contributed by atoms with Gasteiger partial charge in [-0.25, -0.2) is 4.98 Å². The lowest BCUT2D eigenvalue weighted by molar-refractivity contribution is 0.0992. The number of aryl methyl sites for hydroxylation is 1. The van der Waals surface area contributed by atoms with Crippen molar-refractivity contribution >= 4 is 29.3 Å². The highest BCUT2D eigenvalue weighted by molar-refractivity contribution is 7.99. The van der Waals surface area contributed by atoms with E-state index in [-0.39, 0.29) is 5.69 Å². The Morgan fingerprint density at radius 1 is 1.33 bits per heavy atom. The molecule has 0 bridgehead atoms. The summed E-state index contributed by atoms with van der Waals surface area (Å²) in [4.78, 5) is 17.0. The summed E-state index contributed by atoms with van der Waals surface area (Å²) in [5.74, 6) is -0.553. The number of nitrogens with two attached hydrogens (primary N) is 1. The van der Waals surface area contributed by atoms with Crippen molar-refractivity contribution in [2.24, 2.45) is 5.73 Å². The molecule has 0 aliphatic heterocycles. The number of hydrogen-bond acceptors (Lipinski definition) is 3. The fourth-order valence-electron chi connectivity index (χ4n) is 1.47. The summed E-state index contributed by atoms with van der Waals surface area (Å²) in [6.45, 7) is 2.00. The Kier molecular flexibility index (Phi) is 3.89. The summed E-state index contributed by atoms with van der Waals surface area (Å²) < 4.78 is 0. The van der Waals surface area contributed by atoms with Gasteiger partial charge in [-0.05, 0) is 24.6 Å². The van der Waals surface area contributed by atoms with E-state index in [0.717, 1.165) is 10.5 Å². The molecule has 0 fully saturated rings.